The van der Waals surface area contributed by atoms with Crippen molar-refractivity contribution in [1.29, 1.82) is 0 Å². The lowest BCUT2D eigenvalue weighted by atomic mass is 10.1. The van der Waals surface area contributed by atoms with Gasteiger partial charge in [0.05, 0.1) is 5.56 Å². The highest BCUT2D eigenvalue weighted by molar-refractivity contribution is 5.93. The van der Waals surface area contributed by atoms with Crippen LogP contribution in [0.2, 0.25) is 0 Å². The number of pyridine rings is 1. The molecule has 3 N–H and O–H groups in total. The molecule has 3 aromatic heterocycles. The molecule has 0 aliphatic carbocycles. The number of carbonyl (C=O) groups excluding carboxylic acids is 1. The number of para-hydroxylation sites is 1. The van der Waals surface area contributed by atoms with Gasteiger partial charge in [0.15, 0.2) is 0 Å². The minimum Gasteiger partial charge on any atom is -0.358 e. The number of anilines is 2. The third kappa shape index (κ3) is 4.21. The number of aromatic amines is 1. The quantitative estimate of drug-likeness (QED) is 0.468. The van der Waals surface area contributed by atoms with Crippen LogP contribution in [0, 0.1) is 12.7 Å². The van der Waals surface area contributed by atoms with Crippen molar-refractivity contribution in [2.75, 3.05) is 11.9 Å². The first kappa shape index (κ1) is 18.5. The van der Waals surface area contributed by atoms with Crippen LogP contribution >= 0.6 is 0 Å². The minimum atomic E-state index is -0.413. The Morgan fingerprint density at radius 1 is 1.14 bits per heavy atom. The monoisotopic (exact) mass is 390 g/mol. The van der Waals surface area contributed by atoms with Crippen molar-refractivity contribution in [3.05, 3.63) is 77.6 Å². The molecular weight excluding hydrogens is 371 g/mol. The number of benzene rings is 1. The van der Waals surface area contributed by atoms with E-state index in [1.54, 1.807) is 0 Å². The summed E-state index contributed by atoms with van der Waals surface area (Å²) in [5.41, 5.74) is 3.73. The Balaban J connectivity index is 1.35. The SMILES string of the molecule is Cc1[nH]c2ccccc2c1CCNC(=O)c1cnc(Nc2cc(F)ccn2)nc1. The van der Waals surface area contributed by atoms with Crippen molar-refractivity contribution in [3.8, 4) is 0 Å². The van der Waals surface area contributed by atoms with Gasteiger partial charge in [-0.3, -0.25) is 4.79 Å². The van der Waals surface area contributed by atoms with E-state index >= 15 is 0 Å². The van der Waals surface area contributed by atoms with E-state index in [4.69, 9.17) is 0 Å². The van der Waals surface area contributed by atoms with E-state index in [1.807, 2.05) is 25.1 Å². The Hall–Kier alpha value is -3.81. The topological polar surface area (TPSA) is 95.6 Å². The van der Waals surface area contributed by atoms with Crippen LogP contribution in [0.3, 0.4) is 0 Å². The Morgan fingerprint density at radius 3 is 2.72 bits per heavy atom. The van der Waals surface area contributed by atoms with E-state index < -0.39 is 5.82 Å². The van der Waals surface area contributed by atoms with Gasteiger partial charge < -0.3 is 15.6 Å². The van der Waals surface area contributed by atoms with Gasteiger partial charge in [0.25, 0.3) is 5.91 Å². The molecule has 1 aromatic carbocycles. The number of nitrogens with zero attached hydrogens (tertiary/aromatic N) is 3. The van der Waals surface area contributed by atoms with Crippen molar-refractivity contribution >= 4 is 28.6 Å². The van der Waals surface area contributed by atoms with Crippen LogP contribution in [0.4, 0.5) is 16.2 Å². The molecule has 0 bridgehead atoms. The fourth-order valence-corrected chi connectivity index (χ4v) is 3.16. The summed E-state index contributed by atoms with van der Waals surface area (Å²) in [6.07, 6.45) is 4.89. The molecule has 0 unspecified atom stereocenters. The number of hydrogen-bond acceptors (Lipinski definition) is 5. The molecule has 0 aliphatic rings. The molecule has 0 atom stereocenters. The second kappa shape index (κ2) is 8.05. The number of fused-ring (bicyclic) bond motifs is 1. The number of nitrogens with one attached hydrogen (secondary N) is 3. The third-order valence-electron chi connectivity index (χ3n) is 4.56. The predicted molar refractivity (Wildman–Crippen MR) is 109 cm³/mol. The van der Waals surface area contributed by atoms with Crippen molar-refractivity contribution in [2.24, 2.45) is 0 Å². The summed E-state index contributed by atoms with van der Waals surface area (Å²) in [5.74, 6) is -0.146. The average molecular weight is 390 g/mol. The van der Waals surface area contributed by atoms with E-state index in [-0.39, 0.29) is 17.7 Å². The number of rotatable bonds is 6. The highest BCUT2D eigenvalue weighted by Gasteiger charge is 2.10. The van der Waals surface area contributed by atoms with Crippen molar-refractivity contribution < 1.29 is 9.18 Å². The van der Waals surface area contributed by atoms with E-state index in [0.717, 1.165) is 11.2 Å². The smallest absolute Gasteiger partial charge is 0.254 e. The maximum absolute atomic E-state index is 13.2. The summed E-state index contributed by atoms with van der Waals surface area (Å²) in [6.45, 7) is 2.53. The number of carbonyl (C=O) groups is 1. The zero-order valence-corrected chi connectivity index (χ0v) is 15.7. The maximum atomic E-state index is 13.2. The van der Waals surface area contributed by atoms with E-state index in [2.05, 4.69) is 36.6 Å². The summed E-state index contributed by atoms with van der Waals surface area (Å²) in [5, 5.41) is 6.85. The number of halogens is 1. The van der Waals surface area contributed by atoms with E-state index in [9.17, 15) is 9.18 Å². The number of amides is 1. The van der Waals surface area contributed by atoms with Gasteiger partial charge in [-0.15, -0.1) is 0 Å². The molecule has 29 heavy (non-hydrogen) atoms. The van der Waals surface area contributed by atoms with Crippen molar-refractivity contribution in [1.82, 2.24) is 25.3 Å². The first-order valence-corrected chi connectivity index (χ1v) is 9.15. The molecule has 0 aliphatic heterocycles. The van der Waals surface area contributed by atoms with Crippen molar-refractivity contribution in [3.63, 3.8) is 0 Å². The fourth-order valence-electron chi connectivity index (χ4n) is 3.16. The molecule has 0 radical (unpaired) electrons. The van der Waals surface area contributed by atoms with Gasteiger partial charge in [0, 0.05) is 47.8 Å². The zero-order chi connectivity index (χ0) is 20.2. The van der Waals surface area contributed by atoms with Crippen LogP contribution in [-0.2, 0) is 6.42 Å². The Bertz CT molecular complexity index is 1160. The number of hydrogen-bond donors (Lipinski definition) is 3. The molecule has 4 rings (SSSR count). The second-order valence-corrected chi connectivity index (χ2v) is 6.56. The number of aromatic nitrogens is 4. The van der Waals surface area contributed by atoms with Crippen LogP contribution in [0.15, 0.2) is 55.0 Å². The molecule has 8 heteroatoms. The van der Waals surface area contributed by atoms with Gasteiger partial charge >= 0.3 is 0 Å². The molecule has 4 aromatic rings. The molecule has 146 valence electrons. The van der Waals surface area contributed by atoms with E-state index in [0.29, 0.717) is 18.5 Å². The fraction of sp³-hybridized carbons (Fsp3) is 0.143. The van der Waals surface area contributed by atoms with Crippen molar-refractivity contribution in [2.45, 2.75) is 13.3 Å². The predicted octanol–water partition coefficient (Wildman–Crippen LogP) is 3.52. The highest BCUT2D eigenvalue weighted by atomic mass is 19.1. The van der Waals surface area contributed by atoms with Crippen LogP contribution in [0.5, 0.6) is 0 Å². The maximum Gasteiger partial charge on any atom is 0.254 e. The lowest BCUT2D eigenvalue weighted by Crippen LogP contribution is -2.26. The molecule has 0 fully saturated rings. The second-order valence-electron chi connectivity index (χ2n) is 6.56. The molecule has 0 spiro atoms. The van der Waals surface area contributed by atoms with Crippen LogP contribution in [0.25, 0.3) is 10.9 Å². The standard InChI is InChI=1S/C21H19FN6O/c1-13-16(17-4-2-3-5-18(17)27-13)7-9-24-20(29)14-11-25-21(26-12-14)28-19-10-15(22)6-8-23-19/h2-6,8,10-12,27H,7,9H2,1H3,(H,24,29)(H,23,25,26,28). The Labute approximate surface area is 166 Å². The third-order valence-corrected chi connectivity index (χ3v) is 4.56. The molecule has 0 saturated carbocycles. The minimum absolute atomic E-state index is 0.231. The van der Waals surface area contributed by atoms with E-state index in [1.165, 1.54) is 41.7 Å². The molecule has 3 heterocycles. The average Bonchev–Trinajstić information content (AvgIpc) is 3.04. The largest absolute Gasteiger partial charge is 0.358 e. The van der Waals surface area contributed by atoms with Gasteiger partial charge in [-0.1, -0.05) is 18.2 Å². The van der Waals surface area contributed by atoms with Crippen LogP contribution in [-0.4, -0.2) is 32.4 Å². The Morgan fingerprint density at radius 2 is 1.93 bits per heavy atom. The molecular formula is C21H19FN6O. The summed E-state index contributed by atoms with van der Waals surface area (Å²) < 4.78 is 13.2. The molecule has 0 saturated heterocycles. The first-order valence-electron chi connectivity index (χ1n) is 9.15. The summed E-state index contributed by atoms with van der Waals surface area (Å²) >= 11 is 0. The first-order chi connectivity index (χ1) is 14.1. The normalized spacial score (nSPS) is 10.8. The van der Waals surface area contributed by atoms with Gasteiger partial charge in [0.2, 0.25) is 5.95 Å². The summed E-state index contributed by atoms with van der Waals surface area (Å²) in [4.78, 5) is 27.9. The molecule has 1 amide bonds. The zero-order valence-electron chi connectivity index (χ0n) is 15.7. The van der Waals surface area contributed by atoms with Gasteiger partial charge in [-0.25, -0.2) is 19.3 Å². The lowest BCUT2D eigenvalue weighted by molar-refractivity contribution is 0.0953. The number of H-pyrrole nitrogens is 1. The van der Waals surface area contributed by atoms with Crippen LogP contribution in [0.1, 0.15) is 21.6 Å². The summed E-state index contributed by atoms with van der Waals surface area (Å²) in [7, 11) is 0. The van der Waals surface area contributed by atoms with Gasteiger partial charge in [-0.2, -0.15) is 0 Å². The number of aryl methyl sites for hydroxylation is 1. The van der Waals surface area contributed by atoms with Crippen LogP contribution < -0.4 is 10.6 Å². The lowest BCUT2D eigenvalue weighted by Gasteiger charge is -2.07. The van der Waals surface area contributed by atoms with Gasteiger partial charge in [0.1, 0.15) is 11.6 Å². The van der Waals surface area contributed by atoms with Gasteiger partial charge in [-0.05, 0) is 31.0 Å². The summed E-state index contributed by atoms with van der Waals surface area (Å²) in [6, 6.07) is 10.6. The molecule has 7 nitrogen and oxygen atoms in total. The Kier molecular flexibility index (Phi) is 5.15. The highest BCUT2D eigenvalue weighted by Crippen LogP contribution is 2.22.